The molecule has 9 heavy (non-hydrogen) atoms. The van der Waals surface area contributed by atoms with Crippen LogP contribution in [0.15, 0.2) is 0 Å². The first-order valence-electron chi connectivity index (χ1n) is 3.38. The maximum absolute atomic E-state index is 9.16. The molecule has 0 rings (SSSR count). The van der Waals surface area contributed by atoms with Crippen molar-refractivity contribution in [1.82, 2.24) is 5.32 Å². The van der Waals surface area contributed by atoms with Crippen LogP contribution in [0.25, 0.3) is 0 Å². The average molecular weight is 133 g/mol. The topological polar surface area (TPSA) is 59.9 Å². The molecule has 0 aromatic carbocycles. The summed E-state index contributed by atoms with van der Waals surface area (Å²) in [5.74, 6) is 0. The predicted octanol–water partition coefficient (Wildman–Crippen LogP) is -1.41. The Morgan fingerprint density at radius 3 is 2.56 bits per heavy atom. The molecule has 3 heteroatoms. The fourth-order valence-electron chi connectivity index (χ4n) is 0.732. The Kier molecular flexibility index (Phi) is 4.67. The molecule has 5 N–H and O–H groups in total. The Hall–Kier alpha value is -0.120. The molecule has 0 aliphatic carbocycles. The van der Waals surface area contributed by atoms with E-state index in [0.29, 0.717) is 0 Å². The lowest BCUT2D eigenvalue weighted by atomic mass is 10.1. The predicted molar refractivity (Wildman–Crippen MR) is 36.9 cm³/mol. The smallest absolute Gasteiger partial charge is 0.123 e. The van der Waals surface area contributed by atoms with E-state index in [9.17, 15) is 0 Å². The Bertz CT molecular complexity index is 68.1. The second-order valence-corrected chi connectivity index (χ2v) is 2.29. The van der Waals surface area contributed by atoms with Gasteiger partial charge >= 0.3 is 0 Å². The van der Waals surface area contributed by atoms with Crippen molar-refractivity contribution in [1.29, 1.82) is 0 Å². The summed E-state index contributed by atoms with van der Waals surface area (Å²) in [5.41, 5.74) is 3.79. The molecule has 0 aliphatic heterocycles. The summed E-state index contributed by atoms with van der Waals surface area (Å²) >= 11 is 0. The normalized spacial score (nSPS) is 17.3. The first kappa shape index (κ1) is 8.88. The van der Waals surface area contributed by atoms with E-state index in [0.717, 1.165) is 13.0 Å². The molecular weight excluding hydrogens is 116 g/mol. The highest BCUT2D eigenvalue weighted by Gasteiger charge is 2.13. The molecule has 0 saturated carbocycles. The van der Waals surface area contributed by atoms with Crippen molar-refractivity contribution in [2.24, 2.45) is 0 Å². The van der Waals surface area contributed by atoms with Crippen molar-refractivity contribution in [2.45, 2.75) is 25.5 Å². The summed E-state index contributed by atoms with van der Waals surface area (Å²) < 4.78 is 0. The number of nitrogens with one attached hydrogen (secondary N) is 1. The van der Waals surface area contributed by atoms with E-state index in [4.69, 9.17) is 5.11 Å². The van der Waals surface area contributed by atoms with Crippen LogP contribution in [-0.2, 0) is 0 Å². The molecular formula is C6H17N2O+. The lowest BCUT2D eigenvalue weighted by Crippen LogP contribution is -2.69. The van der Waals surface area contributed by atoms with Crippen LogP contribution < -0.4 is 11.1 Å². The van der Waals surface area contributed by atoms with Crippen molar-refractivity contribution in [3.63, 3.8) is 0 Å². The van der Waals surface area contributed by atoms with Gasteiger partial charge in [0.05, 0.1) is 6.54 Å². The third kappa shape index (κ3) is 3.46. The van der Waals surface area contributed by atoms with Gasteiger partial charge in [-0.25, -0.2) is 0 Å². The van der Waals surface area contributed by atoms with E-state index in [2.05, 4.69) is 11.1 Å². The van der Waals surface area contributed by atoms with Crippen LogP contribution in [0, 0.1) is 0 Å². The molecule has 0 aromatic rings. The molecule has 0 aromatic heterocycles. The van der Waals surface area contributed by atoms with E-state index < -0.39 is 0 Å². The quantitative estimate of drug-likeness (QED) is 0.441. The summed E-state index contributed by atoms with van der Waals surface area (Å²) in [6.45, 7) is 2.74. The van der Waals surface area contributed by atoms with Crippen LogP contribution in [-0.4, -0.2) is 30.8 Å². The molecule has 0 fully saturated rings. The van der Waals surface area contributed by atoms with Crippen LogP contribution in [0.5, 0.6) is 0 Å². The highest BCUT2D eigenvalue weighted by Crippen LogP contribution is 1.91. The lowest BCUT2D eigenvalue weighted by Gasteiger charge is -2.12. The minimum Gasteiger partial charge on any atom is -0.387 e. The van der Waals surface area contributed by atoms with E-state index in [-0.39, 0.29) is 12.1 Å². The van der Waals surface area contributed by atoms with Crippen LogP contribution in [0.1, 0.15) is 13.3 Å². The zero-order valence-corrected chi connectivity index (χ0v) is 6.22. The molecule has 0 amide bonds. The largest absolute Gasteiger partial charge is 0.387 e. The van der Waals surface area contributed by atoms with E-state index in [1.807, 2.05) is 14.0 Å². The van der Waals surface area contributed by atoms with E-state index in [1.54, 1.807) is 0 Å². The van der Waals surface area contributed by atoms with Crippen molar-refractivity contribution in [2.75, 3.05) is 13.6 Å². The van der Waals surface area contributed by atoms with Gasteiger partial charge in [0.25, 0.3) is 0 Å². The number of aliphatic hydroxyl groups excluding tert-OH is 1. The van der Waals surface area contributed by atoms with Gasteiger partial charge in [-0.3, -0.25) is 0 Å². The van der Waals surface area contributed by atoms with Crippen LogP contribution >= 0.6 is 0 Å². The van der Waals surface area contributed by atoms with Crippen LogP contribution in [0.3, 0.4) is 0 Å². The molecule has 0 spiro atoms. The van der Waals surface area contributed by atoms with Gasteiger partial charge < -0.3 is 16.2 Å². The monoisotopic (exact) mass is 133 g/mol. The van der Waals surface area contributed by atoms with E-state index >= 15 is 0 Å². The van der Waals surface area contributed by atoms with Crippen LogP contribution in [0.2, 0.25) is 0 Å². The van der Waals surface area contributed by atoms with Crippen molar-refractivity contribution >= 4 is 0 Å². The fourth-order valence-corrected chi connectivity index (χ4v) is 0.732. The van der Waals surface area contributed by atoms with Gasteiger partial charge in [0.1, 0.15) is 12.1 Å². The van der Waals surface area contributed by atoms with Crippen molar-refractivity contribution in [3.8, 4) is 0 Å². The summed E-state index contributed by atoms with van der Waals surface area (Å²) in [7, 11) is 1.86. The number of hydrogen-bond acceptors (Lipinski definition) is 2. The molecule has 0 radical (unpaired) electrons. The van der Waals surface area contributed by atoms with E-state index in [1.165, 1.54) is 0 Å². The Morgan fingerprint density at radius 2 is 2.22 bits per heavy atom. The second-order valence-electron chi connectivity index (χ2n) is 2.29. The third-order valence-corrected chi connectivity index (χ3v) is 1.43. The average Bonchev–Trinajstić information content (AvgIpc) is 1.87. The Balaban J connectivity index is 3.32. The number of quaternary nitrogens is 1. The third-order valence-electron chi connectivity index (χ3n) is 1.43. The first-order valence-corrected chi connectivity index (χ1v) is 3.38. The molecule has 3 nitrogen and oxygen atoms in total. The fraction of sp³-hybridized carbons (Fsp3) is 1.00. The Morgan fingerprint density at radius 1 is 1.67 bits per heavy atom. The zero-order valence-electron chi connectivity index (χ0n) is 6.22. The number of aliphatic hydroxyl groups is 1. The SMILES string of the molecule is CCC(O)C([NH3+])CNC. The van der Waals surface area contributed by atoms with Gasteiger partial charge in [0, 0.05) is 0 Å². The van der Waals surface area contributed by atoms with Gasteiger partial charge in [0.15, 0.2) is 0 Å². The number of likely N-dealkylation sites (N-methyl/N-ethyl adjacent to an activating group) is 1. The lowest BCUT2D eigenvalue weighted by molar-refractivity contribution is -0.435. The summed E-state index contributed by atoms with van der Waals surface area (Å²) in [4.78, 5) is 0. The van der Waals surface area contributed by atoms with Crippen molar-refractivity contribution in [3.05, 3.63) is 0 Å². The number of rotatable bonds is 4. The maximum Gasteiger partial charge on any atom is 0.123 e. The summed E-state index contributed by atoms with van der Waals surface area (Å²) in [6.07, 6.45) is 0.535. The van der Waals surface area contributed by atoms with Gasteiger partial charge in [-0.2, -0.15) is 0 Å². The molecule has 0 heterocycles. The minimum atomic E-state index is -0.252. The van der Waals surface area contributed by atoms with Crippen LogP contribution in [0.4, 0.5) is 0 Å². The van der Waals surface area contributed by atoms with Gasteiger partial charge in [-0.15, -0.1) is 0 Å². The number of hydrogen-bond donors (Lipinski definition) is 3. The first-order chi connectivity index (χ1) is 4.22. The molecule has 56 valence electrons. The zero-order chi connectivity index (χ0) is 7.28. The minimum absolute atomic E-state index is 0.125. The highest BCUT2D eigenvalue weighted by molar-refractivity contribution is 4.64. The van der Waals surface area contributed by atoms with Crippen molar-refractivity contribution < 1.29 is 10.8 Å². The molecule has 0 bridgehead atoms. The molecule has 2 atom stereocenters. The van der Waals surface area contributed by atoms with Gasteiger partial charge in [-0.05, 0) is 13.5 Å². The maximum atomic E-state index is 9.16. The highest BCUT2D eigenvalue weighted by atomic mass is 16.3. The molecule has 0 saturated heterocycles. The standard InChI is InChI=1S/C6H16N2O/c1-3-6(9)5(7)4-8-2/h5-6,8-9H,3-4,7H2,1-2H3/p+1. The Labute approximate surface area is 56.2 Å². The molecule has 2 unspecified atom stereocenters. The second kappa shape index (κ2) is 4.73. The van der Waals surface area contributed by atoms with Gasteiger partial charge in [0.2, 0.25) is 0 Å². The summed E-state index contributed by atoms with van der Waals surface area (Å²) in [6, 6.07) is 0.125. The summed E-state index contributed by atoms with van der Waals surface area (Å²) in [5, 5.41) is 12.1. The molecule has 0 aliphatic rings. The van der Waals surface area contributed by atoms with Gasteiger partial charge in [-0.1, -0.05) is 6.92 Å².